The molecule has 0 radical (unpaired) electrons. The van der Waals surface area contributed by atoms with E-state index in [-0.39, 0.29) is 10.6 Å². The standard InChI is InChI=1S/C14H18O5S/c1-19-12-10(6-5-7-11(12)20(2,17)18)14(13(15)16)8-3-4-9-14/h5-7H,3-4,8-9H2,1-2H3,(H,15,16). The Balaban J connectivity index is 2.72. The lowest BCUT2D eigenvalue weighted by Gasteiger charge is -2.27. The number of carboxylic acid groups (broad SMARTS) is 1. The van der Waals surface area contributed by atoms with Crippen LogP contribution in [0, 0.1) is 0 Å². The Bertz CT molecular complexity index is 627. The maximum Gasteiger partial charge on any atom is 0.314 e. The summed E-state index contributed by atoms with van der Waals surface area (Å²) in [6.07, 6.45) is 3.74. The van der Waals surface area contributed by atoms with Crippen LogP contribution in [-0.4, -0.2) is 32.9 Å². The Morgan fingerprint density at radius 3 is 2.35 bits per heavy atom. The highest BCUT2D eigenvalue weighted by atomic mass is 32.2. The van der Waals surface area contributed by atoms with Gasteiger partial charge in [-0.05, 0) is 18.9 Å². The number of sulfone groups is 1. The van der Waals surface area contributed by atoms with E-state index in [2.05, 4.69) is 0 Å². The number of methoxy groups -OCH3 is 1. The number of carbonyl (C=O) groups is 1. The first-order valence-corrected chi connectivity index (χ1v) is 8.33. The lowest BCUT2D eigenvalue weighted by molar-refractivity contribution is -0.143. The number of ether oxygens (including phenoxy) is 1. The van der Waals surface area contributed by atoms with Gasteiger partial charge in [0.2, 0.25) is 0 Å². The SMILES string of the molecule is COc1c(C2(C(=O)O)CCCC2)cccc1S(C)(=O)=O. The van der Waals surface area contributed by atoms with Crippen LogP contribution in [0.3, 0.4) is 0 Å². The molecule has 2 rings (SSSR count). The predicted molar refractivity (Wildman–Crippen MR) is 73.9 cm³/mol. The van der Waals surface area contributed by atoms with Gasteiger partial charge in [-0.25, -0.2) is 8.42 Å². The summed E-state index contributed by atoms with van der Waals surface area (Å²) in [7, 11) is -2.09. The maximum absolute atomic E-state index is 11.8. The molecule has 0 saturated heterocycles. The van der Waals surface area contributed by atoms with Crippen LogP contribution in [-0.2, 0) is 20.0 Å². The molecular formula is C14H18O5S. The smallest absolute Gasteiger partial charge is 0.314 e. The third-order valence-corrected chi connectivity index (χ3v) is 5.08. The van der Waals surface area contributed by atoms with Gasteiger partial charge in [0.05, 0.1) is 12.5 Å². The molecule has 1 aliphatic carbocycles. The van der Waals surface area contributed by atoms with Crippen LogP contribution in [0.1, 0.15) is 31.2 Å². The van der Waals surface area contributed by atoms with Crippen molar-refractivity contribution in [3.63, 3.8) is 0 Å². The second-order valence-electron chi connectivity index (χ2n) is 5.20. The molecular weight excluding hydrogens is 280 g/mol. The number of rotatable bonds is 4. The van der Waals surface area contributed by atoms with Gasteiger partial charge in [-0.15, -0.1) is 0 Å². The molecule has 0 atom stereocenters. The summed E-state index contributed by atoms with van der Waals surface area (Å²) < 4.78 is 28.9. The van der Waals surface area contributed by atoms with E-state index >= 15 is 0 Å². The summed E-state index contributed by atoms with van der Waals surface area (Å²) in [5.41, 5.74) is -0.570. The summed E-state index contributed by atoms with van der Waals surface area (Å²) in [5.74, 6) is -0.752. The zero-order valence-electron chi connectivity index (χ0n) is 11.5. The minimum Gasteiger partial charge on any atom is -0.495 e. The molecule has 5 nitrogen and oxygen atoms in total. The monoisotopic (exact) mass is 298 g/mol. The number of carboxylic acids is 1. The fraction of sp³-hybridized carbons (Fsp3) is 0.500. The van der Waals surface area contributed by atoms with Crippen LogP contribution >= 0.6 is 0 Å². The van der Waals surface area contributed by atoms with Crippen molar-refractivity contribution >= 4 is 15.8 Å². The highest BCUT2D eigenvalue weighted by Gasteiger charge is 2.45. The van der Waals surface area contributed by atoms with Crippen LogP contribution in [0.25, 0.3) is 0 Å². The predicted octanol–water partition coefficient (Wildman–Crippen LogP) is 2.00. The molecule has 1 saturated carbocycles. The van der Waals surface area contributed by atoms with Gasteiger partial charge in [0, 0.05) is 11.8 Å². The minimum atomic E-state index is -3.47. The van der Waals surface area contributed by atoms with Gasteiger partial charge in [-0.3, -0.25) is 4.79 Å². The summed E-state index contributed by atoms with van der Waals surface area (Å²) in [6.45, 7) is 0. The molecule has 1 aromatic rings. The van der Waals surface area contributed by atoms with Gasteiger partial charge in [0.15, 0.2) is 9.84 Å². The Labute approximate surface area is 118 Å². The quantitative estimate of drug-likeness (QED) is 0.919. The van der Waals surface area contributed by atoms with E-state index in [1.54, 1.807) is 12.1 Å². The van der Waals surface area contributed by atoms with Gasteiger partial charge >= 0.3 is 5.97 Å². The molecule has 110 valence electrons. The van der Waals surface area contributed by atoms with Crippen LogP contribution in [0.5, 0.6) is 5.75 Å². The maximum atomic E-state index is 11.8. The van der Waals surface area contributed by atoms with E-state index in [9.17, 15) is 18.3 Å². The lowest BCUT2D eigenvalue weighted by Crippen LogP contribution is -2.33. The van der Waals surface area contributed by atoms with E-state index in [1.165, 1.54) is 13.2 Å². The molecule has 1 N–H and O–H groups in total. The van der Waals surface area contributed by atoms with Crippen molar-refractivity contribution in [2.45, 2.75) is 36.0 Å². The van der Waals surface area contributed by atoms with Crippen LogP contribution in [0.2, 0.25) is 0 Å². The van der Waals surface area contributed by atoms with Crippen molar-refractivity contribution in [3.8, 4) is 5.75 Å². The van der Waals surface area contributed by atoms with Gasteiger partial charge < -0.3 is 9.84 Å². The second kappa shape index (κ2) is 5.09. The summed E-state index contributed by atoms with van der Waals surface area (Å²) in [6, 6.07) is 4.69. The number of hydrogen-bond donors (Lipinski definition) is 1. The van der Waals surface area contributed by atoms with E-state index in [1.807, 2.05) is 0 Å². The topological polar surface area (TPSA) is 80.7 Å². The van der Waals surface area contributed by atoms with Crippen molar-refractivity contribution in [1.82, 2.24) is 0 Å². The number of aliphatic carboxylic acids is 1. The molecule has 0 heterocycles. The van der Waals surface area contributed by atoms with Crippen molar-refractivity contribution in [3.05, 3.63) is 23.8 Å². The normalized spacial score (nSPS) is 17.9. The molecule has 1 fully saturated rings. The van der Waals surface area contributed by atoms with Crippen molar-refractivity contribution in [1.29, 1.82) is 0 Å². The van der Waals surface area contributed by atoms with E-state index < -0.39 is 21.2 Å². The first kappa shape index (κ1) is 14.8. The molecule has 0 spiro atoms. The molecule has 0 aliphatic heterocycles. The highest BCUT2D eigenvalue weighted by molar-refractivity contribution is 7.90. The van der Waals surface area contributed by atoms with E-state index in [0.717, 1.165) is 19.1 Å². The van der Waals surface area contributed by atoms with Crippen LogP contribution in [0.4, 0.5) is 0 Å². The van der Waals surface area contributed by atoms with Gasteiger partial charge in [-0.1, -0.05) is 25.0 Å². The fourth-order valence-electron chi connectivity index (χ4n) is 2.97. The van der Waals surface area contributed by atoms with Crippen LogP contribution < -0.4 is 4.74 Å². The first-order chi connectivity index (χ1) is 9.33. The zero-order valence-corrected chi connectivity index (χ0v) is 12.4. The summed E-state index contributed by atoms with van der Waals surface area (Å²) >= 11 is 0. The Kier molecular flexibility index (Phi) is 3.77. The summed E-state index contributed by atoms with van der Waals surface area (Å²) in [4.78, 5) is 11.8. The van der Waals surface area contributed by atoms with E-state index in [4.69, 9.17) is 4.74 Å². The third-order valence-electron chi connectivity index (χ3n) is 3.96. The molecule has 0 bridgehead atoms. The molecule has 1 aromatic carbocycles. The first-order valence-electron chi connectivity index (χ1n) is 6.44. The Morgan fingerprint density at radius 1 is 1.30 bits per heavy atom. The average Bonchev–Trinajstić information content (AvgIpc) is 2.87. The molecule has 0 unspecified atom stereocenters. The van der Waals surface area contributed by atoms with Gasteiger partial charge in [0.25, 0.3) is 0 Å². The number of benzene rings is 1. The Morgan fingerprint density at radius 2 is 1.90 bits per heavy atom. The molecule has 20 heavy (non-hydrogen) atoms. The van der Waals surface area contributed by atoms with Crippen LogP contribution in [0.15, 0.2) is 23.1 Å². The third kappa shape index (κ3) is 2.28. The molecule has 6 heteroatoms. The lowest BCUT2D eigenvalue weighted by atomic mass is 9.78. The van der Waals surface area contributed by atoms with E-state index in [0.29, 0.717) is 18.4 Å². The van der Waals surface area contributed by atoms with Crippen molar-refractivity contribution in [2.24, 2.45) is 0 Å². The number of hydrogen-bond acceptors (Lipinski definition) is 4. The van der Waals surface area contributed by atoms with Gasteiger partial charge in [-0.2, -0.15) is 0 Å². The minimum absolute atomic E-state index is 0.0463. The highest BCUT2D eigenvalue weighted by Crippen LogP contribution is 2.46. The molecule has 1 aliphatic rings. The van der Waals surface area contributed by atoms with Crippen molar-refractivity contribution < 1.29 is 23.1 Å². The molecule has 0 amide bonds. The second-order valence-corrected chi connectivity index (χ2v) is 7.19. The van der Waals surface area contributed by atoms with Crippen molar-refractivity contribution in [2.75, 3.05) is 13.4 Å². The number of para-hydroxylation sites is 1. The zero-order chi connectivity index (χ0) is 15.0. The molecule has 0 aromatic heterocycles. The largest absolute Gasteiger partial charge is 0.495 e. The average molecular weight is 298 g/mol. The summed E-state index contributed by atoms with van der Waals surface area (Å²) in [5, 5.41) is 9.63. The fourth-order valence-corrected chi connectivity index (χ4v) is 3.83. The Hall–Kier alpha value is -1.56. The van der Waals surface area contributed by atoms with Gasteiger partial charge in [0.1, 0.15) is 10.6 Å².